The number of imidazole rings is 2. The van der Waals surface area contributed by atoms with Gasteiger partial charge >= 0.3 is 11.9 Å². The number of halogens is 1. The van der Waals surface area contributed by atoms with Crippen LogP contribution in [-0.2, 0) is 45.4 Å². The summed E-state index contributed by atoms with van der Waals surface area (Å²) < 4.78 is 17.8. The van der Waals surface area contributed by atoms with Gasteiger partial charge < -0.3 is 28.5 Å². The summed E-state index contributed by atoms with van der Waals surface area (Å²) in [4.78, 5) is 31.1. The molecule has 0 saturated heterocycles. The maximum Gasteiger partial charge on any atom is 0.330 e. The van der Waals surface area contributed by atoms with Crippen LogP contribution in [0.25, 0.3) is 17.4 Å². The maximum atomic E-state index is 11.7. The van der Waals surface area contributed by atoms with E-state index >= 15 is 0 Å². The molecule has 0 aliphatic heterocycles. The second-order valence-corrected chi connectivity index (χ2v) is 13.9. The maximum absolute atomic E-state index is 11.7. The van der Waals surface area contributed by atoms with Crippen molar-refractivity contribution in [3.63, 3.8) is 0 Å². The van der Waals surface area contributed by atoms with Crippen molar-refractivity contribution < 1.29 is 29.3 Å². The van der Waals surface area contributed by atoms with Gasteiger partial charge in [-0.15, -0.1) is 10.2 Å². The van der Waals surface area contributed by atoms with Gasteiger partial charge in [0.25, 0.3) is 0 Å². The first kappa shape index (κ1) is 39.2. The van der Waals surface area contributed by atoms with Crippen LogP contribution in [0.5, 0.6) is 0 Å². The summed E-state index contributed by atoms with van der Waals surface area (Å²) in [5, 5.41) is 33.8. The molecular weight excluding hydrogens is 772 g/mol. The number of aliphatic hydroxyl groups excluding tert-OH is 2. The number of aromatic nitrogens is 10. The summed E-state index contributed by atoms with van der Waals surface area (Å²) in [6.45, 7) is 8.27. The van der Waals surface area contributed by atoms with Crippen LogP contribution in [0.1, 0.15) is 90.8 Å². The fourth-order valence-electron chi connectivity index (χ4n) is 5.74. The fraction of sp³-hybridized carbons (Fsp3) is 0.368. The average Bonchev–Trinajstić information content (AvgIpc) is 4.03. The Balaban J connectivity index is 0.000000163. The third-order valence-electron chi connectivity index (χ3n) is 8.61. The summed E-state index contributed by atoms with van der Waals surface area (Å²) >= 11 is 3.61. The number of rotatable bonds is 13. The van der Waals surface area contributed by atoms with Gasteiger partial charge in [0.1, 0.15) is 17.0 Å². The van der Waals surface area contributed by atoms with Crippen molar-refractivity contribution in [3.05, 3.63) is 112 Å². The highest BCUT2D eigenvalue weighted by molar-refractivity contribution is 9.10. The molecule has 0 atom stereocenters. The lowest BCUT2D eigenvalue weighted by atomic mass is 10.1. The summed E-state index contributed by atoms with van der Waals surface area (Å²) in [6, 6.07) is 4.27. The van der Waals surface area contributed by atoms with Crippen molar-refractivity contribution in [1.82, 2.24) is 48.8 Å². The zero-order valence-electron chi connectivity index (χ0n) is 30.7. The van der Waals surface area contributed by atoms with E-state index in [9.17, 15) is 9.59 Å². The van der Waals surface area contributed by atoms with Crippen LogP contribution >= 0.6 is 15.9 Å². The van der Waals surface area contributed by atoms with Crippen LogP contribution in [0.4, 0.5) is 0 Å². The molecular formula is C38H43BrN10O6. The molecule has 2 aliphatic rings. The monoisotopic (exact) mass is 814 g/mol. The van der Waals surface area contributed by atoms with Gasteiger partial charge in [-0.1, -0.05) is 17.0 Å². The second kappa shape index (κ2) is 18.2. The van der Waals surface area contributed by atoms with Crippen LogP contribution in [0, 0.1) is 0 Å². The molecule has 17 heteroatoms. The van der Waals surface area contributed by atoms with Crippen molar-refractivity contribution in [2.45, 2.75) is 77.7 Å². The van der Waals surface area contributed by atoms with Crippen LogP contribution in [-0.4, -0.2) is 84.1 Å². The molecule has 6 aromatic heterocycles. The lowest BCUT2D eigenvalue weighted by molar-refractivity contribution is -0.138. The molecule has 8 rings (SSSR count). The highest BCUT2D eigenvalue weighted by Gasteiger charge is 2.26. The number of hydrogen-bond donors (Lipinski definition) is 2. The highest BCUT2D eigenvalue weighted by Crippen LogP contribution is 2.42. The van der Waals surface area contributed by atoms with E-state index < -0.39 is 0 Å². The first-order valence-corrected chi connectivity index (χ1v) is 18.8. The van der Waals surface area contributed by atoms with Crippen molar-refractivity contribution in [2.75, 3.05) is 13.2 Å². The van der Waals surface area contributed by atoms with Gasteiger partial charge in [0.05, 0.1) is 67.8 Å². The van der Waals surface area contributed by atoms with Gasteiger partial charge in [0, 0.05) is 42.5 Å². The molecule has 288 valence electrons. The number of esters is 2. The largest absolute Gasteiger partial charge is 0.463 e. The standard InChI is InChI=1S/C19H21N5O3.C14H14BrN5O.C5H8O2/c1-2-27-18(26)6-5-14-7-15(13-3-4-13)8-23-9-16(20-19(14)23)10-24-11-17(12-25)21-22-24;15-13-3-10(9-1-2-9)4-19-5-11(16-14(13)19)6-20-7-12(8-21)17-18-20;1-3-5(6)7-4-2/h5-9,11,13,25H,2-4,10,12H2,1H3;3-5,7,9,21H,1-2,6,8H2;3H,1,4H2,2H3/b6-5+;;. The second-order valence-electron chi connectivity index (χ2n) is 13.0. The number of aliphatic hydroxyl groups is 2. The minimum atomic E-state index is -0.363. The lowest BCUT2D eigenvalue weighted by Crippen LogP contribution is -2.00. The Hall–Kier alpha value is -5.52. The number of carbonyl (C=O) groups is 2. The molecule has 2 saturated carbocycles. The Morgan fingerprint density at radius 2 is 1.27 bits per heavy atom. The molecule has 6 heterocycles. The summed E-state index contributed by atoms with van der Waals surface area (Å²) in [5.41, 5.74) is 8.01. The van der Waals surface area contributed by atoms with Gasteiger partial charge in [0.2, 0.25) is 0 Å². The molecule has 2 N–H and O–H groups in total. The van der Waals surface area contributed by atoms with Crippen molar-refractivity contribution in [2.24, 2.45) is 0 Å². The van der Waals surface area contributed by atoms with E-state index in [4.69, 9.17) is 19.9 Å². The van der Waals surface area contributed by atoms with E-state index in [0.29, 0.717) is 49.5 Å². The molecule has 0 amide bonds. The van der Waals surface area contributed by atoms with Crippen LogP contribution in [0.15, 0.2) is 72.5 Å². The molecule has 2 aliphatic carbocycles. The van der Waals surface area contributed by atoms with Crippen molar-refractivity contribution >= 4 is 45.2 Å². The van der Waals surface area contributed by atoms with E-state index in [1.807, 2.05) is 16.8 Å². The van der Waals surface area contributed by atoms with Crippen LogP contribution < -0.4 is 0 Å². The SMILES string of the molecule is C=CC(=O)OCC.CCOC(=O)/C=C/c1cc(C2CC2)cn2cc(Cn3cc(CO)nn3)nc12.OCc1cn(Cc2cn3cc(C4CC4)cc(Br)c3n2)nn1. The molecule has 55 heavy (non-hydrogen) atoms. The van der Waals surface area contributed by atoms with Gasteiger partial charge in [-0.2, -0.15) is 0 Å². The molecule has 6 aromatic rings. The highest BCUT2D eigenvalue weighted by atomic mass is 79.9. The Bertz CT molecular complexity index is 2300. The average molecular weight is 816 g/mol. The van der Waals surface area contributed by atoms with Crippen LogP contribution in [0.3, 0.4) is 0 Å². The fourth-order valence-corrected chi connectivity index (χ4v) is 6.30. The Morgan fingerprint density at radius 1 is 0.764 bits per heavy atom. The van der Waals surface area contributed by atoms with E-state index in [-0.39, 0.29) is 25.2 Å². The number of nitrogens with zero attached hydrogens (tertiary/aromatic N) is 10. The predicted molar refractivity (Wildman–Crippen MR) is 205 cm³/mol. The molecule has 0 unspecified atom stereocenters. The zero-order chi connectivity index (χ0) is 38.9. The minimum absolute atomic E-state index is 0.0958. The van der Waals surface area contributed by atoms with Gasteiger partial charge in [-0.05, 0) is 96.6 Å². The Morgan fingerprint density at radius 3 is 1.75 bits per heavy atom. The third kappa shape index (κ3) is 10.6. The molecule has 16 nitrogen and oxygen atoms in total. The first-order valence-electron chi connectivity index (χ1n) is 18.0. The topological polar surface area (TPSA) is 189 Å². The van der Waals surface area contributed by atoms with Gasteiger partial charge in [0.15, 0.2) is 5.65 Å². The number of hydrogen-bond acceptors (Lipinski definition) is 12. The molecule has 0 aromatic carbocycles. The number of ether oxygens (including phenoxy) is 2. The molecule has 2 fully saturated rings. The van der Waals surface area contributed by atoms with Crippen molar-refractivity contribution in [1.29, 1.82) is 0 Å². The zero-order valence-corrected chi connectivity index (χ0v) is 32.2. The van der Waals surface area contributed by atoms with Crippen LogP contribution in [0.2, 0.25) is 0 Å². The van der Waals surface area contributed by atoms with Gasteiger partial charge in [-0.25, -0.2) is 28.9 Å². The molecule has 0 spiro atoms. The quantitative estimate of drug-likeness (QED) is 0.120. The number of fused-ring (bicyclic) bond motifs is 2. The predicted octanol–water partition coefficient (Wildman–Crippen LogP) is 4.76. The Kier molecular flexibility index (Phi) is 13.0. The lowest BCUT2D eigenvalue weighted by Gasteiger charge is -2.04. The van der Waals surface area contributed by atoms with E-state index in [1.165, 1.54) is 42.9 Å². The van der Waals surface area contributed by atoms with Crippen molar-refractivity contribution in [3.8, 4) is 0 Å². The van der Waals surface area contributed by atoms with E-state index in [2.05, 4.69) is 81.8 Å². The first-order chi connectivity index (χ1) is 26.7. The number of carbonyl (C=O) groups excluding carboxylic acids is 2. The summed E-state index contributed by atoms with van der Waals surface area (Å²) in [5.74, 6) is 0.567. The molecule has 0 bridgehead atoms. The van der Waals surface area contributed by atoms with E-state index in [1.54, 1.807) is 41.7 Å². The summed E-state index contributed by atoms with van der Waals surface area (Å²) in [7, 11) is 0. The molecule has 0 radical (unpaired) electrons. The third-order valence-corrected chi connectivity index (χ3v) is 9.19. The summed E-state index contributed by atoms with van der Waals surface area (Å²) in [6.07, 6.45) is 21.0. The Labute approximate surface area is 325 Å². The van der Waals surface area contributed by atoms with E-state index in [0.717, 1.165) is 38.8 Å². The van der Waals surface area contributed by atoms with Gasteiger partial charge in [-0.3, -0.25) is 0 Å². The smallest absolute Gasteiger partial charge is 0.330 e. The number of pyridine rings is 2. The normalized spacial score (nSPS) is 13.7. The minimum Gasteiger partial charge on any atom is -0.463 e.